The van der Waals surface area contributed by atoms with Gasteiger partial charge in [-0.15, -0.1) is 0 Å². The summed E-state index contributed by atoms with van der Waals surface area (Å²) in [4.78, 5) is 31.0. The molecule has 2 heterocycles. The molecule has 0 unspecified atom stereocenters. The maximum Gasteiger partial charge on any atom is 0.251 e. The smallest absolute Gasteiger partial charge is 0.251 e. The van der Waals surface area contributed by atoms with Gasteiger partial charge in [-0.05, 0) is 31.0 Å². The van der Waals surface area contributed by atoms with Gasteiger partial charge in [0.15, 0.2) is 16.7 Å². The molecule has 1 aromatic heterocycles. The second-order valence-corrected chi connectivity index (χ2v) is 7.24. The Hall–Kier alpha value is -2.48. The van der Waals surface area contributed by atoms with Crippen molar-refractivity contribution in [1.82, 2.24) is 15.3 Å². The Kier molecular flexibility index (Phi) is 6.39. The first-order chi connectivity index (χ1) is 13.0. The van der Waals surface area contributed by atoms with Gasteiger partial charge in [0.2, 0.25) is 5.91 Å². The standard InChI is InChI=1S/C19H23N3O4S/c1-3-4-14-10-17(23)22-19(21-14)27-11-18(24)20-12(2)13-5-6-15-16(9-13)26-8-7-25-15/h5-6,9-10,12H,3-4,7-8,11H2,1-2H3,(H,20,24)(H,21,22,23)/t12-/m0/s1. The molecule has 0 spiro atoms. The number of aromatic amines is 1. The quantitative estimate of drug-likeness (QED) is 0.558. The van der Waals surface area contributed by atoms with Gasteiger partial charge in [-0.3, -0.25) is 9.59 Å². The number of nitrogens with zero attached hydrogens (tertiary/aromatic N) is 1. The third-order valence-corrected chi connectivity index (χ3v) is 4.94. The Morgan fingerprint density at radius 2 is 2.07 bits per heavy atom. The molecule has 7 nitrogen and oxygen atoms in total. The number of fused-ring (bicyclic) bond motifs is 1. The third kappa shape index (κ3) is 5.26. The normalized spacial score (nSPS) is 13.9. The average Bonchev–Trinajstić information content (AvgIpc) is 2.66. The van der Waals surface area contributed by atoms with Crippen LogP contribution in [0.4, 0.5) is 0 Å². The van der Waals surface area contributed by atoms with Crippen LogP contribution in [0.1, 0.15) is 37.6 Å². The highest BCUT2D eigenvalue weighted by atomic mass is 32.2. The minimum atomic E-state index is -0.194. The van der Waals surface area contributed by atoms with Crippen molar-refractivity contribution in [3.05, 3.63) is 45.9 Å². The van der Waals surface area contributed by atoms with Crippen molar-refractivity contribution in [2.45, 2.75) is 37.9 Å². The number of amides is 1. The van der Waals surface area contributed by atoms with E-state index in [9.17, 15) is 9.59 Å². The molecule has 1 atom stereocenters. The van der Waals surface area contributed by atoms with Crippen LogP contribution < -0.4 is 20.3 Å². The molecule has 2 N–H and O–H groups in total. The van der Waals surface area contributed by atoms with Crippen LogP contribution in [0, 0.1) is 0 Å². The van der Waals surface area contributed by atoms with E-state index in [0.29, 0.717) is 24.1 Å². The molecule has 0 aliphatic carbocycles. The molecule has 1 aromatic carbocycles. The summed E-state index contributed by atoms with van der Waals surface area (Å²) in [5.41, 5.74) is 1.49. The van der Waals surface area contributed by atoms with Crippen molar-refractivity contribution in [2.75, 3.05) is 19.0 Å². The number of benzene rings is 1. The van der Waals surface area contributed by atoms with E-state index in [1.54, 1.807) is 0 Å². The first-order valence-corrected chi connectivity index (χ1v) is 9.95. The number of ether oxygens (including phenoxy) is 2. The monoisotopic (exact) mass is 389 g/mol. The lowest BCUT2D eigenvalue weighted by Crippen LogP contribution is -2.28. The third-order valence-electron chi connectivity index (χ3n) is 4.06. The van der Waals surface area contributed by atoms with E-state index in [1.807, 2.05) is 32.0 Å². The summed E-state index contributed by atoms with van der Waals surface area (Å²) in [6, 6.07) is 6.98. The number of rotatable bonds is 7. The summed E-state index contributed by atoms with van der Waals surface area (Å²) >= 11 is 1.22. The van der Waals surface area contributed by atoms with Crippen molar-refractivity contribution < 1.29 is 14.3 Å². The number of aromatic nitrogens is 2. The SMILES string of the molecule is CCCc1cc(=O)[nH]c(SCC(=O)N[C@@H](C)c2ccc3c(c2)OCCO3)n1. The highest BCUT2D eigenvalue weighted by Crippen LogP contribution is 2.32. The number of carbonyl (C=O) groups is 1. The molecular formula is C19H23N3O4S. The summed E-state index contributed by atoms with van der Waals surface area (Å²) in [6.07, 6.45) is 1.65. The lowest BCUT2D eigenvalue weighted by atomic mass is 10.1. The highest BCUT2D eigenvalue weighted by molar-refractivity contribution is 7.99. The van der Waals surface area contributed by atoms with Crippen molar-refractivity contribution in [2.24, 2.45) is 0 Å². The van der Waals surface area contributed by atoms with Crippen molar-refractivity contribution in [3.63, 3.8) is 0 Å². The van der Waals surface area contributed by atoms with Crippen LogP contribution in [0.15, 0.2) is 34.2 Å². The molecule has 144 valence electrons. The first kappa shape index (κ1) is 19.3. The van der Waals surface area contributed by atoms with E-state index in [4.69, 9.17) is 9.47 Å². The lowest BCUT2D eigenvalue weighted by molar-refractivity contribution is -0.119. The number of nitrogens with one attached hydrogen (secondary N) is 2. The Balaban J connectivity index is 1.57. The minimum Gasteiger partial charge on any atom is -0.486 e. The molecule has 2 aromatic rings. The van der Waals surface area contributed by atoms with E-state index in [0.717, 1.165) is 29.8 Å². The van der Waals surface area contributed by atoms with Crippen LogP contribution in [0.25, 0.3) is 0 Å². The average molecular weight is 389 g/mol. The molecule has 0 fully saturated rings. The van der Waals surface area contributed by atoms with Gasteiger partial charge in [-0.1, -0.05) is 31.2 Å². The van der Waals surface area contributed by atoms with Crippen molar-refractivity contribution in [1.29, 1.82) is 0 Å². The molecule has 0 saturated carbocycles. The van der Waals surface area contributed by atoms with Gasteiger partial charge in [-0.25, -0.2) is 4.98 Å². The highest BCUT2D eigenvalue weighted by Gasteiger charge is 2.16. The first-order valence-electron chi connectivity index (χ1n) is 8.97. The summed E-state index contributed by atoms with van der Waals surface area (Å²) in [5, 5.41) is 3.42. The number of aryl methyl sites for hydroxylation is 1. The van der Waals surface area contributed by atoms with Crippen LogP contribution in [0.5, 0.6) is 11.5 Å². The number of hydrogen-bond acceptors (Lipinski definition) is 6. The zero-order valence-corrected chi connectivity index (χ0v) is 16.2. The molecule has 27 heavy (non-hydrogen) atoms. The zero-order chi connectivity index (χ0) is 19.2. The summed E-state index contributed by atoms with van der Waals surface area (Å²) in [7, 11) is 0. The molecule has 1 amide bonds. The van der Waals surface area contributed by atoms with Gasteiger partial charge < -0.3 is 19.8 Å². The molecule has 0 bridgehead atoms. The topological polar surface area (TPSA) is 93.3 Å². The van der Waals surface area contributed by atoms with Gasteiger partial charge in [-0.2, -0.15) is 0 Å². The minimum absolute atomic E-state index is 0.133. The Morgan fingerprint density at radius 3 is 2.85 bits per heavy atom. The fourth-order valence-corrected chi connectivity index (χ4v) is 3.47. The van der Waals surface area contributed by atoms with Gasteiger partial charge in [0.05, 0.1) is 11.8 Å². The van der Waals surface area contributed by atoms with Crippen LogP contribution in [0.3, 0.4) is 0 Å². The van der Waals surface area contributed by atoms with Crippen LogP contribution in [-0.2, 0) is 11.2 Å². The van der Waals surface area contributed by atoms with Crippen LogP contribution >= 0.6 is 11.8 Å². The molecule has 0 saturated heterocycles. The number of thioether (sulfide) groups is 1. The van der Waals surface area contributed by atoms with Crippen LogP contribution in [-0.4, -0.2) is 34.8 Å². The van der Waals surface area contributed by atoms with Gasteiger partial charge in [0, 0.05) is 11.8 Å². The Labute approximate surface area is 161 Å². The zero-order valence-electron chi connectivity index (χ0n) is 15.4. The van der Waals surface area contributed by atoms with E-state index < -0.39 is 0 Å². The summed E-state index contributed by atoms with van der Waals surface area (Å²) in [5.74, 6) is 1.46. The van der Waals surface area contributed by atoms with E-state index >= 15 is 0 Å². The number of carbonyl (C=O) groups excluding carboxylic acids is 1. The Morgan fingerprint density at radius 1 is 1.30 bits per heavy atom. The molecule has 1 aliphatic heterocycles. The molecular weight excluding hydrogens is 366 g/mol. The largest absolute Gasteiger partial charge is 0.486 e. The second-order valence-electron chi connectivity index (χ2n) is 6.27. The predicted molar refractivity (Wildman–Crippen MR) is 104 cm³/mol. The Bertz CT molecular complexity index is 868. The lowest BCUT2D eigenvalue weighted by Gasteiger charge is -2.21. The predicted octanol–water partition coefficient (Wildman–Crippen LogP) is 2.46. The fraction of sp³-hybridized carbons (Fsp3) is 0.421. The number of hydrogen-bond donors (Lipinski definition) is 2. The molecule has 3 rings (SSSR count). The van der Waals surface area contributed by atoms with E-state index in [-0.39, 0.29) is 23.3 Å². The summed E-state index contributed by atoms with van der Waals surface area (Å²) < 4.78 is 11.1. The second kappa shape index (κ2) is 8.94. The van der Waals surface area contributed by atoms with Crippen molar-refractivity contribution >= 4 is 17.7 Å². The van der Waals surface area contributed by atoms with Gasteiger partial charge in [0.1, 0.15) is 13.2 Å². The number of H-pyrrole nitrogens is 1. The molecule has 1 aliphatic rings. The van der Waals surface area contributed by atoms with E-state index in [1.165, 1.54) is 17.8 Å². The van der Waals surface area contributed by atoms with Crippen LogP contribution in [0.2, 0.25) is 0 Å². The summed E-state index contributed by atoms with van der Waals surface area (Å²) in [6.45, 7) is 5.01. The van der Waals surface area contributed by atoms with Crippen molar-refractivity contribution in [3.8, 4) is 11.5 Å². The van der Waals surface area contributed by atoms with E-state index in [2.05, 4.69) is 15.3 Å². The molecule has 0 radical (unpaired) electrons. The van der Waals surface area contributed by atoms with Gasteiger partial charge in [0.25, 0.3) is 5.56 Å². The molecule has 8 heteroatoms. The maximum absolute atomic E-state index is 12.3. The fourth-order valence-electron chi connectivity index (χ4n) is 2.77. The maximum atomic E-state index is 12.3. The van der Waals surface area contributed by atoms with Gasteiger partial charge >= 0.3 is 0 Å².